The lowest BCUT2D eigenvalue weighted by atomic mass is 10.1. The Morgan fingerprint density at radius 2 is 1.17 bits per heavy atom. The third-order valence-electron chi connectivity index (χ3n) is 5.91. The smallest absolute Gasteiger partial charge is 0.338 e. The maximum Gasteiger partial charge on any atom is 0.338 e. The molecule has 0 spiro atoms. The molecule has 7 nitrogen and oxygen atoms in total. The third kappa shape index (κ3) is 13.4. The summed E-state index contributed by atoms with van der Waals surface area (Å²) < 4.78 is 35.4. The number of unbranched alkanes of at least 4 members (excludes halogenated alkanes) is 4. The van der Waals surface area contributed by atoms with Gasteiger partial charge in [-0.15, -0.1) is 0 Å². The molecule has 1 aromatic carbocycles. The van der Waals surface area contributed by atoms with Crippen LogP contribution < -0.4 is 0 Å². The molecule has 0 aromatic heterocycles. The number of carboxylic acids is 1. The zero-order valence-electron chi connectivity index (χ0n) is 22.2. The highest BCUT2D eigenvalue weighted by Crippen LogP contribution is 2.61. The van der Waals surface area contributed by atoms with Gasteiger partial charge in [-0.25, -0.2) is 9.59 Å². The predicted octanol–water partition coefficient (Wildman–Crippen LogP) is 7.01. The minimum Gasteiger partial charge on any atom is -0.478 e. The summed E-state index contributed by atoms with van der Waals surface area (Å²) in [5, 5.41) is 8.78. The van der Waals surface area contributed by atoms with Gasteiger partial charge in [0.25, 0.3) is 10.1 Å². The molecule has 2 N–H and O–H groups in total. The maximum absolute atomic E-state index is 11.4. The fourth-order valence-electron chi connectivity index (χ4n) is 3.85. The average molecular weight is 534 g/mol. The van der Waals surface area contributed by atoms with Gasteiger partial charge in [0.15, 0.2) is 0 Å². The van der Waals surface area contributed by atoms with Crippen LogP contribution in [0.5, 0.6) is 0 Å². The van der Waals surface area contributed by atoms with Gasteiger partial charge in [-0.3, -0.25) is 4.55 Å². The average Bonchev–Trinajstić information content (AvgIpc) is 2.82. The van der Waals surface area contributed by atoms with Crippen molar-refractivity contribution in [1.29, 1.82) is 0 Å². The van der Waals surface area contributed by atoms with E-state index in [9.17, 15) is 18.0 Å². The molecule has 1 aromatic rings. The second kappa shape index (κ2) is 17.9. The molecule has 0 aliphatic carbocycles. The summed E-state index contributed by atoms with van der Waals surface area (Å²) in [6.07, 6.45) is 17.9. The summed E-state index contributed by atoms with van der Waals surface area (Å²) in [4.78, 5) is 21.5. The van der Waals surface area contributed by atoms with E-state index in [2.05, 4.69) is 32.4 Å². The molecule has 0 aliphatic heterocycles. The minimum absolute atomic E-state index is 0.0529. The number of aromatic carboxylic acids is 1. The zero-order chi connectivity index (χ0) is 26.9. The van der Waals surface area contributed by atoms with Crippen LogP contribution in [0.4, 0.5) is 0 Å². The summed E-state index contributed by atoms with van der Waals surface area (Å²) in [7, 11) is -5.16. The second-order valence-electron chi connectivity index (χ2n) is 8.90. The molecule has 202 valence electrons. The van der Waals surface area contributed by atoms with E-state index in [0.29, 0.717) is 0 Å². The second-order valence-corrected chi connectivity index (χ2v) is 14.8. The van der Waals surface area contributed by atoms with Crippen molar-refractivity contribution in [3.8, 4) is 0 Å². The van der Waals surface area contributed by atoms with E-state index in [4.69, 9.17) is 9.66 Å². The lowest BCUT2D eigenvalue weighted by molar-refractivity contribution is 0.0526. The van der Waals surface area contributed by atoms with Crippen LogP contribution in [-0.4, -0.2) is 61.3 Å². The Morgan fingerprint density at radius 1 is 0.771 bits per heavy atom. The van der Waals surface area contributed by atoms with Crippen LogP contribution in [0.3, 0.4) is 0 Å². The van der Waals surface area contributed by atoms with Gasteiger partial charge in [-0.2, -0.15) is 8.42 Å². The molecule has 0 radical (unpaired) electrons. The molecule has 1 rings (SSSR count). The number of benzene rings is 1. The molecule has 0 saturated carbocycles. The Labute approximate surface area is 213 Å². The van der Waals surface area contributed by atoms with Gasteiger partial charge in [-0.1, -0.05) is 53.4 Å². The monoisotopic (exact) mass is 533 g/mol. The van der Waals surface area contributed by atoms with Crippen LogP contribution >= 0.6 is 7.26 Å². The summed E-state index contributed by atoms with van der Waals surface area (Å²) in [6, 6.07) is 2.56. The van der Waals surface area contributed by atoms with E-state index in [1.165, 1.54) is 51.4 Å². The Kier molecular flexibility index (Phi) is 17.1. The van der Waals surface area contributed by atoms with Gasteiger partial charge in [0.1, 0.15) is 0 Å². The Hall–Kier alpha value is -1.50. The van der Waals surface area contributed by atoms with Crippen molar-refractivity contribution in [3.05, 3.63) is 29.3 Å². The topological polar surface area (TPSA) is 118 Å². The lowest BCUT2D eigenvalue weighted by Gasteiger charge is -2.28. The van der Waals surface area contributed by atoms with Gasteiger partial charge in [0, 0.05) is 7.26 Å². The van der Waals surface area contributed by atoms with Crippen LogP contribution in [0.1, 0.15) is 107 Å². The number of hydrogen-bond acceptors (Lipinski definition) is 5. The van der Waals surface area contributed by atoms with Crippen molar-refractivity contribution in [2.75, 3.05) is 31.3 Å². The molecule has 0 bridgehead atoms. The van der Waals surface area contributed by atoms with Gasteiger partial charge < -0.3 is 9.84 Å². The number of rotatable bonds is 16. The maximum atomic E-state index is 11.4. The van der Waals surface area contributed by atoms with Crippen molar-refractivity contribution in [1.82, 2.24) is 0 Å². The molecule has 9 heteroatoms. The SMILES string of the molecule is CCCC[P+](CCCC)(CCCC)CCCC.CCOC(=O)c1cc(C(=O)O)cc(S(=O)(=O)O)c1. The number of carbonyl (C=O) groups is 2. The molecular formula is C26H46O7PS+. The first-order valence-electron chi connectivity index (χ1n) is 12.9. The molecule has 0 heterocycles. The Morgan fingerprint density at radius 3 is 1.49 bits per heavy atom. The molecule has 0 unspecified atom stereocenters. The summed E-state index contributed by atoms with van der Waals surface area (Å²) >= 11 is 0. The summed E-state index contributed by atoms with van der Waals surface area (Å²) in [5.74, 6) is -2.29. The van der Waals surface area contributed by atoms with E-state index in [1.54, 1.807) is 31.6 Å². The van der Waals surface area contributed by atoms with Gasteiger partial charge >= 0.3 is 11.9 Å². The molecular weight excluding hydrogens is 487 g/mol. The summed E-state index contributed by atoms with van der Waals surface area (Å²) in [5.41, 5.74) is -0.697. The predicted molar refractivity (Wildman–Crippen MR) is 145 cm³/mol. The first-order valence-corrected chi connectivity index (χ1v) is 16.8. The van der Waals surface area contributed by atoms with Gasteiger partial charge in [-0.05, 0) is 50.8 Å². The zero-order valence-corrected chi connectivity index (χ0v) is 23.9. The van der Waals surface area contributed by atoms with Crippen molar-refractivity contribution >= 4 is 29.3 Å². The van der Waals surface area contributed by atoms with Crippen LogP contribution in [0.25, 0.3) is 0 Å². The molecule has 35 heavy (non-hydrogen) atoms. The molecule has 0 atom stereocenters. The fraction of sp³-hybridized carbons (Fsp3) is 0.692. The first-order chi connectivity index (χ1) is 16.5. The van der Waals surface area contributed by atoms with Crippen LogP contribution in [-0.2, 0) is 14.9 Å². The van der Waals surface area contributed by atoms with E-state index >= 15 is 0 Å². The van der Waals surface area contributed by atoms with Crippen LogP contribution in [0.15, 0.2) is 23.1 Å². The van der Waals surface area contributed by atoms with Gasteiger partial charge in [0.05, 0.1) is 47.3 Å². The molecule has 0 aliphatic rings. The standard InChI is InChI=1S/C16H36P.C10H10O7S/c1-5-9-13-17(14-10-6-2,15-11-7-3)16-12-8-4;1-2-17-10(13)7-3-6(9(11)12)4-8(5-7)18(14,15)16/h5-16H2,1-4H3;3-5H,2H2,1H3,(H,11,12)(H,14,15,16)/q+1;. The van der Waals surface area contributed by atoms with Crippen molar-refractivity contribution in [3.63, 3.8) is 0 Å². The van der Waals surface area contributed by atoms with Gasteiger partial charge in [0.2, 0.25) is 0 Å². The van der Waals surface area contributed by atoms with Crippen LogP contribution in [0, 0.1) is 0 Å². The molecule has 0 fully saturated rings. The molecule has 0 amide bonds. The van der Waals surface area contributed by atoms with Crippen LogP contribution in [0.2, 0.25) is 0 Å². The highest BCUT2D eigenvalue weighted by Gasteiger charge is 2.34. The number of carbonyl (C=O) groups excluding carboxylic acids is 1. The number of esters is 1. The normalized spacial score (nSPS) is 11.5. The minimum atomic E-state index is -4.60. The Balaban J connectivity index is 0.000000662. The van der Waals surface area contributed by atoms with E-state index < -0.39 is 39.8 Å². The van der Waals surface area contributed by atoms with Crippen molar-refractivity contribution < 1.29 is 32.4 Å². The highest BCUT2D eigenvalue weighted by molar-refractivity contribution is 7.85. The van der Waals surface area contributed by atoms with E-state index in [0.717, 1.165) is 18.2 Å². The fourth-order valence-corrected chi connectivity index (χ4v) is 9.69. The number of hydrogen-bond donors (Lipinski definition) is 2. The largest absolute Gasteiger partial charge is 0.478 e. The number of ether oxygens (including phenoxy) is 1. The third-order valence-corrected chi connectivity index (χ3v) is 11.8. The van der Waals surface area contributed by atoms with Crippen molar-refractivity contribution in [2.45, 2.75) is 90.9 Å². The lowest BCUT2D eigenvalue weighted by Crippen LogP contribution is -2.12. The first kappa shape index (κ1) is 33.5. The van der Waals surface area contributed by atoms with Crippen molar-refractivity contribution in [2.24, 2.45) is 0 Å². The summed E-state index contributed by atoms with van der Waals surface area (Å²) in [6.45, 7) is 11.0. The van der Waals surface area contributed by atoms with E-state index in [1.807, 2.05) is 0 Å². The molecule has 0 saturated heterocycles. The van der Waals surface area contributed by atoms with E-state index in [-0.39, 0.29) is 12.2 Å². The Bertz CT molecular complexity index is 831. The number of carboxylic acid groups (broad SMARTS) is 1. The highest BCUT2D eigenvalue weighted by atomic mass is 32.2. The quantitative estimate of drug-likeness (QED) is 0.133.